The minimum absolute atomic E-state index is 0.0915. The van der Waals surface area contributed by atoms with Gasteiger partial charge in [0.2, 0.25) is 0 Å². The van der Waals surface area contributed by atoms with E-state index in [1.54, 1.807) is 24.3 Å². The van der Waals surface area contributed by atoms with Crippen molar-refractivity contribution in [2.45, 2.75) is 0 Å². The first-order chi connectivity index (χ1) is 11.0. The zero-order valence-corrected chi connectivity index (χ0v) is 12.1. The van der Waals surface area contributed by atoms with E-state index in [1.165, 1.54) is 24.3 Å². The van der Waals surface area contributed by atoms with Crippen molar-refractivity contribution < 1.29 is 13.9 Å². The molecule has 0 atom stereocenters. The van der Waals surface area contributed by atoms with Gasteiger partial charge in [-0.15, -0.1) is 0 Å². The summed E-state index contributed by atoms with van der Waals surface area (Å²) >= 11 is 0. The lowest BCUT2D eigenvalue weighted by Crippen LogP contribution is -2.19. The van der Waals surface area contributed by atoms with Gasteiger partial charge in [0.25, 0.3) is 5.91 Å². The fraction of sp³-hybridized carbons (Fsp3) is 0. The first kappa shape index (κ1) is 16.0. The summed E-state index contributed by atoms with van der Waals surface area (Å²) in [4.78, 5) is 14.9. The average Bonchev–Trinajstić information content (AvgIpc) is 2.55. The molecule has 0 bridgehead atoms. The van der Waals surface area contributed by atoms with Crippen LogP contribution in [0, 0.1) is 5.82 Å². The molecule has 118 valence electrons. The lowest BCUT2D eigenvalue weighted by Gasteiger charge is -2.07. The molecule has 0 aromatic heterocycles. The second-order valence-electron chi connectivity index (χ2n) is 4.49. The van der Waals surface area contributed by atoms with Gasteiger partial charge in [0.05, 0.1) is 0 Å². The third-order valence-corrected chi connectivity index (χ3v) is 2.85. The number of hydrogen-bond acceptors (Lipinski definition) is 4. The Kier molecular flexibility index (Phi) is 4.93. The predicted octanol–water partition coefficient (Wildman–Crippen LogP) is 1.61. The highest BCUT2D eigenvalue weighted by molar-refractivity contribution is 6.02. The number of amidine groups is 1. The number of rotatable bonds is 5. The van der Waals surface area contributed by atoms with E-state index >= 15 is 0 Å². The molecule has 2 aromatic carbocycles. The molecular weight excluding hydrogens is 299 g/mol. The summed E-state index contributed by atoms with van der Waals surface area (Å²) in [7, 11) is 0. The molecule has 0 fully saturated rings. The normalized spacial score (nSPS) is 12.0. The van der Waals surface area contributed by atoms with Gasteiger partial charge in [-0.05, 0) is 48.5 Å². The molecule has 0 unspecified atom stereocenters. The summed E-state index contributed by atoms with van der Waals surface area (Å²) in [6, 6.07) is 12.3. The summed E-state index contributed by atoms with van der Waals surface area (Å²) in [5.41, 5.74) is 16.6. The Morgan fingerprint density at radius 3 is 2.00 bits per heavy atom. The summed E-state index contributed by atoms with van der Waals surface area (Å²) in [5.74, 6) is 0.0240. The second kappa shape index (κ2) is 7.08. The Morgan fingerprint density at radius 2 is 1.52 bits per heavy atom. The Balaban J connectivity index is 2.14. The number of ether oxygens (including phenoxy) is 1. The number of halogens is 1. The van der Waals surface area contributed by atoms with Crippen molar-refractivity contribution in [1.29, 1.82) is 0 Å². The van der Waals surface area contributed by atoms with Gasteiger partial charge in [0, 0.05) is 11.8 Å². The molecule has 2 rings (SSSR count). The highest BCUT2D eigenvalue weighted by Crippen LogP contribution is 2.21. The monoisotopic (exact) mass is 314 g/mol. The van der Waals surface area contributed by atoms with E-state index in [2.05, 4.69) is 4.99 Å². The number of amides is 1. The van der Waals surface area contributed by atoms with E-state index in [-0.39, 0.29) is 17.3 Å². The number of nitrogens with two attached hydrogens (primary N) is 3. The summed E-state index contributed by atoms with van der Waals surface area (Å²) in [5, 5.41) is 0. The molecule has 1 amide bonds. The zero-order valence-electron chi connectivity index (χ0n) is 12.1. The second-order valence-corrected chi connectivity index (χ2v) is 4.49. The summed E-state index contributed by atoms with van der Waals surface area (Å²) in [6.07, 6.45) is 0.987. The number of carbonyl (C=O) groups is 1. The van der Waals surface area contributed by atoms with Crippen LogP contribution < -0.4 is 21.9 Å². The van der Waals surface area contributed by atoms with Crippen LogP contribution in [0.1, 0.15) is 5.56 Å². The molecule has 0 heterocycles. The van der Waals surface area contributed by atoms with Crippen LogP contribution in [-0.2, 0) is 4.79 Å². The Hall–Kier alpha value is -3.35. The Morgan fingerprint density at radius 1 is 1.00 bits per heavy atom. The molecule has 0 aliphatic carbocycles. The van der Waals surface area contributed by atoms with Crippen LogP contribution in [0.15, 0.2) is 65.4 Å². The molecule has 0 saturated heterocycles. The molecule has 0 spiro atoms. The first-order valence-corrected chi connectivity index (χ1v) is 6.59. The SMILES string of the molecule is N/C=C(\N=C(N)c1ccc(Oc2ccc(F)cc2)cc1)C(N)=O. The van der Waals surface area contributed by atoms with Gasteiger partial charge in [-0.25, -0.2) is 9.38 Å². The quantitative estimate of drug-likeness (QED) is 0.441. The van der Waals surface area contributed by atoms with E-state index in [9.17, 15) is 9.18 Å². The lowest BCUT2D eigenvalue weighted by atomic mass is 10.2. The standard InChI is InChI=1S/C16H15FN4O2/c17-11-3-7-13(8-4-11)23-12-5-1-10(2-6-12)15(19)21-14(9-18)16(20)22/h1-9H,18H2,(H2,19,21)(H2,20,22)/b14-9-. The van der Waals surface area contributed by atoms with Gasteiger partial charge in [-0.2, -0.15) is 0 Å². The third kappa shape index (κ3) is 4.31. The zero-order chi connectivity index (χ0) is 16.8. The van der Waals surface area contributed by atoms with Crippen molar-refractivity contribution in [3.05, 3.63) is 71.8 Å². The number of carbonyl (C=O) groups excluding carboxylic acids is 1. The van der Waals surface area contributed by atoms with Gasteiger partial charge in [0.15, 0.2) is 0 Å². The van der Waals surface area contributed by atoms with E-state index in [0.29, 0.717) is 17.1 Å². The number of aliphatic imine (C=N–C) groups is 1. The molecular formula is C16H15FN4O2. The molecule has 0 aliphatic rings. The molecule has 7 heteroatoms. The number of hydrogen-bond donors (Lipinski definition) is 3. The molecule has 6 nitrogen and oxygen atoms in total. The van der Waals surface area contributed by atoms with E-state index in [1.807, 2.05) is 0 Å². The van der Waals surface area contributed by atoms with E-state index in [0.717, 1.165) is 6.20 Å². The van der Waals surface area contributed by atoms with Crippen molar-refractivity contribution in [3.63, 3.8) is 0 Å². The molecule has 0 aliphatic heterocycles. The van der Waals surface area contributed by atoms with Crippen molar-refractivity contribution >= 4 is 11.7 Å². The Labute approximate surface area is 132 Å². The van der Waals surface area contributed by atoms with Crippen molar-refractivity contribution in [1.82, 2.24) is 0 Å². The maximum absolute atomic E-state index is 12.8. The minimum Gasteiger partial charge on any atom is -0.457 e. The number of primary amides is 1. The van der Waals surface area contributed by atoms with Crippen molar-refractivity contribution in [2.75, 3.05) is 0 Å². The summed E-state index contributed by atoms with van der Waals surface area (Å²) in [6.45, 7) is 0. The first-order valence-electron chi connectivity index (χ1n) is 6.59. The molecule has 23 heavy (non-hydrogen) atoms. The topological polar surface area (TPSA) is 117 Å². The highest BCUT2D eigenvalue weighted by atomic mass is 19.1. The fourth-order valence-corrected chi connectivity index (χ4v) is 1.70. The van der Waals surface area contributed by atoms with E-state index in [4.69, 9.17) is 21.9 Å². The smallest absolute Gasteiger partial charge is 0.268 e. The maximum Gasteiger partial charge on any atom is 0.268 e. The highest BCUT2D eigenvalue weighted by Gasteiger charge is 2.06. The van der Waals surface area contributed by atoms with Gasteiger partial charge < -0.3 is 21.9 Å². The van der Waals surface area contributed by atoms with Crippen LogP contribution in [0.4, 0.5) is 4.39 Å². The van der Waals surface area contributed by atoms with E-state index < -0.39 is 5.91 Å². The van der Waals surface area contributed by atoms with Crippen molar-refractivity contribution in [3.8, 4) is 11.5 Å². The predicted molar refractivity (Wildman–Crippen MR) is 85.1 cm³/mol. The lowest BCUT2D eigenvalue weighted by molar-refractivity contribution is -0.114. The van der Waals surface area contributed by atoms with Gasteiger partial charge in [0.1, 0.15) is 28.8 Å². The fourth-order valence-electron chi connectivity index (χ4n) is 1.70. The van der Waals surface area contributed by atoms with Crippen LogP contribution in [-0.4, -0.2) is 11.7 Å². The number of benzene rings is 2. The van der Waals surface area contributed by atoms with Crippen LogP contribution in [0.5, 0.6) is 11.5 Å². The molecule has 0 radical (unpaired) electrons. The van der Waals surface area contributed by atoms with Gasteiger partial charge in [-0.1, -0.05) is 0 Å². The maximum atomic E-state index is 12.8. The minimum atomic E-state index is -0.772. The summed E-state index contributed by atoms with van der Waals surface area (Å²) < 4.78 is 18.4. The largest absolute Gasteiger partial charge is 0.457 e. The van der Waals surface area contributed by atoms with Crippen LogP contribution in [0.25, 0.3) is 0 Å². The number of nitrogens with zero attached hydrogens (tertiary/aromatic N) is 1. The molecule has 0 saturated carbocycles. The average molecular weight is 314 g/mol. The van der Waals surface area contributed by atoms with Crippen molar-refractivity contribution in [2.24, 2.45) is 22.2 Å². The van der Waals surface area contributed by atoms with Gasteiger partial charge in [-0.3, -0.25) is 4.79 Å². The van der Waals surface area contributed by atoms with Crippen LogP contribution in [0.2, 0.25) is 0 Å². The molecule has 2 aromatic rings. The van der Waals surface area contributed by atoms with Crippen LogP contribution >= 0.6 is 0 Å². The third-order valence-electron chi connectivity index (χ3n) is 2.85. The van der Waals surface area contributed by atoms with Crippen LogP contribution in [0.3, 0.4) is 0 Å². The van der Waals surface area contributed by atoms with Gasteiger partial charge >= 0.3 is 0 Å². The molecule has 6 N–H and O–H groups in total. The Bertz CT molecular complexity index is 753.